The molecule has 136 valence electrons. The molecule has 0 bridgehead atoms. The highest BCUT2D eigenvalue weighted by Crippen LogP contribution is 2.38. The summed E-state index contributed by atoms with van der Waals surface area (Å²) in [6.45, 7) is 5.42. The van der Waals surface area contributed by atoms with Gasteiger partial charge in [-0.15, -0.1) is 0 Å². The number of rotatable bonds is 8. The summed E-state index contributed by atoms with van der Waals surface area (Å²) in [5.41, 5.74) is 1.54. The van der Waals surface area contributed by atoms with E-state index in [2.05, 4.69) is 50.2 Å². The van der Waals surface area contributed by atoms with E-state index in [0.29, 0.717) is 0 Å². The van der Waals surface area contributed by atoms with Gasteiger partial charge in [0.25, 0.3) is 0 Å². The second kappa shape index (κ2) is 9.27. The summed E-state index contributed by atoms with van der Waals surface area (Å²) >= 11 is 0. The molecule has 2 aromatic carbocycles. The highest BCUT2D eigenvalue weighted by atomic mass is 16.5. The first-order valence-corrected chi connectivity index (χ1v) is 10.5. The molecule has 0 aliphatic heterocycles. The van der Waals surface area contributed by atoms with Crippen LogP contribution in [0.25, 0.3) is 10.8 Å². The second-order valence-corrected chi connectivity index (χ2v) is 7.80. The molecule has 2 aromatic rings. The van der Waals surface area contributed by atoms with E-state index in [1.807, 2.05) is 0 Å². The van der Waals surface area contributed by atoms with Gasteiger partial charge in [-0.3, -0.25) is 0 Å². The number of hydrogen-bond acceptors (Lipinski definition) is 1. The zero-order chi connectivity index (χ0) is 17.5. The van der Waals surface area contributed by atoms with Crippen LogP contribution in [0.3, 0.4) is 0 Å². The minimum absolute atomic E-state index is 0.765. The number of fused-ring (bicyclic) bond motifs is 1. The van der Waals surface area contributed by atoms with E-state index >= 15 is 0 Å². The molecule has 0 heterocycles. The molecule has 0 amide bonds. The average Bonchev–Trinajstić information content (AvgIpc) is 2.67. The summed E-state index contributed by atoms with van der Waals surface area (Å²) in [6, 6.07) is 13.6. The van der Waals surface area contributed by atoms with Crippen molar-refractivity contribution in [1.82, 2.24) is 0 Å². The van der Waals surface area contributed by atoms with Crippen LogP contribution in [-0.2, 0) is 0 Å². The summed E-state index contributed by atoms with van der Waals surface area (Å²) < 4.78 is 5.93. The van der Waals surface area contributed by atoms with Gasteiger partial charge in [-0.1, -0.05) is 63.8 Å². The third-order valence-electron chi connectivity index (χ3n) is 6.00. The Morgan fingerprint density at radius 1 is 0.840 bits per heavy atom. The van der Waals surface area contributed by atoms with Gasteiger partial charge in [0.2, 0.25) is 0 Å². The SMILES string of the molecule is CCCCCCOc1ccc2cc([C@H]3CC[C@H](CC)CC3)ccc2c1. The fraction of sp³-hybridized carbons (Fsp3) is 0.583. The Kier molecular flexibility index (Phi) is 6.78. The Labute approximate surface area is 153 Å². The molecule has 1 aliphatic carbocycles. The number of benzene rings is 2. The molecule has 25 heavy (non-hydrogen) atoms. The average molecular weight is 339 g/mol. The lowest BCUT2D eigenvalue weighted by Crippen LogP contribution is -2.12. The monoisotopic (exact) mass is 338 g/mol. The van der Waals surface area contributed by atoms with Crippen molar-refractivity contribution in [1.29, 1.82) is 0 Å². The fourth-order valence-electron chi connectivity index (χ4n) is 4.21. The van der Waals surface area contributed by atoms with Crippen LogP contribution >= 0.6 is 0 Å². The molecule has 0 unspecified atom stereocenters. The molecule has 1 aliphatic rings. The molecule has 1 fully saturated rings. The van der Waals surface area contributed by atoms with Crippen LogP contribution < -0.4 is 4.74 Å². The van der Waals surface area contributed by atoms with E-state index in [0.717, 1.165) is 30.6 Å². The van der Waals surface area contributed by atoms with Crippen LogP contribution in [0.1, 0.15) is 83.1 Å². The van der Waals surface area contributed by atoms with Crippen molar-refractivity contribution in [2.24, 2.45) is 5.92 Å². The predicted molar refractivity (Wildman–Crippen MR) is 109 cm³/mol. The summed E-state index contributed by atoms with van der Waals surface area (Å²) in [4.78, 5) is 0. The standard InChI is InChI=1S/C24H34O/c1-3-5-6-7-16-25-24-15-14-22-17-21(12-13-23(22)18-24)20-10-8-19(4-2)9-11-20/h12-15,17-20H,3-11,16H2,1-2H3/t19-,20-. The Morgan fingerprint density at radius 2 is 1.60 bits per heavy atom. The van der Waals surface area contributed by atoms with E-state index < -0.39 is 0 Å². The molecule has 0 aromatic heterocycles. The van der Waals surface area contributed by atoms with Crippen molar-refractivity contribution in [3.05, 3.63) is 42.0 Å². The van der Waals surface area contributed by atoms with Crippen molar-refractivity contribution >= 4 is 10.8 Å². The quantitative estimate of drug-likeness (QED) is 0.453. The normalized spacial score (nSPS) is 20.7. The summed E-state index contributed by atoms with van der Waals surface area (Å²) in [7, 11) is 0. The highest BCUT2D eigenvalue weighted by molar-refractivity contribution is 5.84. The van der Waals surface area contributed by atoms with Gasteiger partial charge in [0.1, 0.15) is 5.75 Å². The van der Waals surface area contributed by atoms with E-state index in [9.17, 15) is 0 Å². The lowest BCUT2D eigenvalue weighted by atomic mass is 9.77. The first-order chi connectivity index (χ1) is 12.3. The maximum atomic E-state index is 5.93. The molecule has 1 heteroatoms. The van der Waals surface area contributed by atoms with Gasteiger partial charge >= 0.3 is 0 Å². The van der Waals surface area contributed by atoms with Crippen LogP contribution in [0.5, 0.6) is 5.75 Å². The molecule has 0 radical (unpaired) electrons. The first-order valence-electron chi connectivity index (χ1n) is 10.5. The topological polar surface area (TPSA) is 9.23 Å². The van der Waals surface area contributed by atoms with Gasteiger partial charge < -0.3 is 4.74 Å². The molecule has 1 saturated carbocycles. The Hall–Kier alpha value is -1.50. The zero-order valence-electron chi connectivity index (χ0n) is 16.1. The summed E-state index contributed by atoms with van der Waals surface area (Å²) in [5.74, 6) is 2.75. The van der Waals surface area contributed by atoms with E-state index in [-0.39, 0.29) is 0 Å². The Bertz CT molecular complexity index is 652. The summed E-state index contributed by atoms with van der Waals surface area (Å²) in [5, 5.41) is 2.66. The molecular formula is C24H34O. The van der Waals surface area contributed by atoms with Gasteiger partial charge in [-0.25, -0.2) is 0 Å². The van der Waals surface area contributed by atoms with E-state index in [1.165, 1.54) is 67.7 Å². The maximum Gasteiger partial charge on any atom is 0.119 e. The van der Waals surface area contributed by atoms with Crippen LogP contribution in [0, 0.1) is 5.92 Å². The summed E-state index contributed by atoms with van der Waals surface area (Å²) in [6.07, 6.45) is 11.9. The minimum atomic E-state index is 0.765. The Balaban J connectivity index is 1.61. The third-order valence-corrected chi connectivity index (χ3v) is 6.00. The molecular weight excluding hydrogens is 304 g/mol. The number of hydrogen-bond donors (Lipinski definition) is 0. The molecule has 3 rings (SSSR count). The van der Waals surface area contributed by atoms with Crippen LogP contribution in [0.2, 0.25) is 0 Å². The van der Waals surface area contributed by atoms with E-state index in [4.69, 9.17) is 4.74 Å². The number of ether oxygens (including phenoxy) is 1. The van der Waals surface area contributed by atoms with Crippen LogP contribution in [0.15, 0.2) is 36.4 Å². The highest BCUT2D eigenvalue weighted by Gasteiger charge is 2.21. The van der Waals surface area contributed by atoms with Gasteiger partial charge in [0, 0.05) is 0 Å². The fourth-order valence-corrected chi connectivity index (χ4v) is 4.21. The molecule has 1 nitrogen and oxygen atoms in total. The zero-order valence-corrected chi connectivity index (χ0v) is 16.1. The van der Waals surface area contributed by atoms with Crippen molar-refractivity contribution in [2.45, 2.75) is 77.6 Å². The minimum Gasteiger partial charge on any atom is -0.494 e. The largest absolute Gasteiger partial charge is 0.494 e. The second-order valence-electron chi connectivity index (χ2n) is 7.80. The molecule has 0 N–H and O–H groups in total. The first kappa shape index (κ1) is 18.3. The van der Waals surface area contributed by atoms with Crippen LogP contribution in [0.4, 0.5) is 0 Å². The number of unbranched alkanes of at least 4 members (excludes halogenated alkanes) is 3. The molecule has 0 saturated heterocycles. The van der Waals surface area contributed by atoms with Crippen molar-refractivity contribution in [2.75, 3.05) is 6.61 Å². The lowest BCUT2D eigenvalue weighted by molar-refractivity contribution is 0.305. The third kappa shape index (κ3) is 5.00. The molecule has 0 spiro atoms. The van der Waals surface area contributed by atoms with Gasteiger partial charge in [-0.05, 0) is 72.4 Å². The van der Waals surface area contributed by atoms with Gasteiger partial charge in [0.15, 0.2) is 0 Å². The lowest BCUT2D eigenvalue weighted by Gasteiger charge is -2.28. The van der Waals surface area contributed by atoms with Crippen molar-refractivity contribution in [3.63, 3.8) is 0 Å². The van der Waals surface area contributed by atoms with Crippen molar-refractivity contribution in [3.8, 4) is 5.75 Å². The van der Waals surface area contributed by atoms with Gasteiger partial charge in [0.05, 0.1) is 6.61 Å². The van der Waals surface area contributed by atoms with Gasteiger partial charge in [-0.2, -0.15) is 0 Å². The van der Waals surface area contributed by atoms with Crippen molar-refractivity contribution < 1.29 is 4.74 Å². The van der Waals surface area contributed by atoms with Crippen LogP contribution in [-0.4, -0.2) is 6.61 Å². The van der Waals surface area contributed by atoms with E-state index in [1.54, 1.807) is 0 Å². The molecule has 0 atom stereocenters. The maximum absolute atomic E-state index is 5.93. The Morgan fingerprint density at radius 3 is 2.36 bits per heavy atom. The smallest absolute Gasteiger partial charge is 0.119 e. The predicted octanol–water partition coefficient (Wildman–Crippen LogP) is 7.48.